The van der Waals surface area contributed by atoms with Crippen LogP contribution >= 0.6 is 0 Å². The lowest BCUT2D eigenvalue weighted by Gasteiger charge is -2.11. The molecule has 1 unspecified atom stereocenters. The van der Waals surface area contributed by atoms with E-state index in [0.717, 1.165) is 19.4 Å². The zero-order valence-electron chi connectivity index (χ0n) is 10.0. The minimum absolute atomic E-state index is 0.0839. The molecule has 2 amide bonds. The standard InChI is InChI=1S/C11H21N3O2/c1-3-12-8(2)6-10(15)13-7-11(16)14-9-4-5-9/h8-9,12H,3-7H2,1-2H3,(H,13,15)(H,14,16). The van der Waals surface area contributed by atoms with Crippen LogP contribution in [-0.4, -0.2) is 37.0 Å². The van der Waals surface area contributed by atoms with E-state index in [2.05, 4.69) is 16.0 Å². The fourth-order valence-corrected chi connectivity index (χ4v) is 1.46. The Morgan fingerprint density at radius 2 is 2.00 bits per heavy atom. The molecule has 1 aliphatic carbocycles. The van der Waals surface area contributed by atoms with Crippen molar-refractivity contribution in [2.24, 2.45) is 0 Å². The average molecular weight is 227 g/mol. The fraction of sp³-hybridized carbons (Fsp3) is 0.818. The molecule has 0 aromatic carbocycles. The Labute approximate surface area is 96.4 Å². The van der Waals surface area contributed by atoms with Gasteiger partial charge in [0.05, 0.1) is 6.54 Å². The summed E-state index contributed by atoms with van der Waals surface area (Å²) in [6, 6.07) is 0.501. The van der Waals surface area contributed by atoms with Crippen molar-refractivity contribution < 1.29 is 9.59 Å². The third-order valence-electron chi connectivity index (χ3n) is 2.43. The minimum atomic E-state index is -0.0908. The van der Waals surface area contributed by atoms with Crippen LogP contribution in [0.4, 0.5) is 0 Å². The molecule has 0 aliphatic heterocycles. The molecule has 92 valence electrons. The van der Waals surface area contributed by atoms with Crippen LogP contribution in [0.5, 0.6) is 0 Å². The maximum Gasteiger partial charge on any atom is 0.239 e. The number of carbonyl (C=O) groups excluding carboxylic acids is 2. The maximum atomic E-state index is 11.4. The van der Waals surface area contributed by atoms with Crippen LogP contribution < -0.4 is 16.0 Å². The Hall–Kier alpha value is -1.10. The van der Waals surface area contributed by atoms with E-state index in [0.29, 0.717) is 12.5 Å². The van der Waals surface area contributed by atoms with Gasteiger partial charge < -0.3 is 16.0 Å². The quantitative estimate of drug-likeness (QED) is 0.562. The lowest BCUT2D eigenvalue weighted by atomic mass is 10.2. The first-order valence-corrected chi connectivity index (χ1v) is 5.91. The normalized spacial score (nSPS) is 16.6. The molecule has 0 saturated heterocycles. The van der Waals surface area contributed by atoms with Crippen LogP contribution in [0.2, 0.25) is 0 Å². The summed E-state index contributed by atoms with van der Waals surface area (Å²) in [5.41, 5.74) is 0. The van der Waals surface area contributed by atoms with E-state index in [-0.39, 0.29) is 24.4 Å². The fourth-order valence-electron chi connectivity index (χ4n) is 1.46. The van der Waals surface area contributed by atoms with Gasteiger partial charge in [0.15, 0.2) is 0 Å². The Balaban J connectivity index is 2.06. The maximum absolute atomic E-state index is 11.4. The molecule has 0 radical (unpaired) electrons. The first kappa shape index (κ1) is 13.0. The Morgan fingerprint density at radius 3 is 2.56 bits per heavy atom. The van der Waals surface area contributed by atoms with Crippen molar-refractivity contribution in [3.63, 3.8) is 0 Å². The van der Waals surface area contributed by atoms with Crippen LogP contribution in [-0.2, 0) is 9.59 Å². The van der Waals surface area contributed by atoms with Crippen LogP contribution in [0.15, 0.2) is 0 Å². The van der Waals surface area contributed by atoms with Crippen molar-refractivity contribution in [3.8, 4) is 0 Å². The van der Waals surface area contributed by atoms with Crippen molar-refractivity contribution in [2.75, 3.05) is 13.1 Å². The number of amides is 2. The van der Waals surface area contributed by atoms with Gasteiger partial charge >= 0.3 is 0 Å². The molecule has 5 heteroatoms. The second-order valence-electron chi connectivity index (χ2n) is 4.28. The van der Waals surface area contributed by atoms with E-state index >= 15 is 0 Å². The summed E-state index contributed by atoms with van der Waals surface area (Å²) in [7, 11) is 0. The molecule has 1 aliphatic rings. The molecular weight excluding hydrogens is 206 g/mol. The van der Waals surface area contributed by atoms with Gasteiger partial charge in [-0.05, 0) is 26.3 Å². The number of hydrogen-bond acceptors (Lipinski definition) is 3. The highest BCUT2D eigenvalue weighted by Crippen LogP contribution is 2.18. The minimum Gasteiger partial charge on any atom is -0.352 e. The summed E-state index contributed by atoms with van der Waals surface area (Å²) in [5, 5.41) is 8.58. The summed E-state index contributed by atoms with van der Waals surface area (Å²) in [4.78, 5) is 22.7. The van der Waals surface area contributed by atoms with Crippen LogP contribution in [0.1, 0.15) is 33.1 Å². The molecule has 1 saturated carbocycles. The lowest BCUT2D eigenvalue weighted by molar-refractivity contribution is -0.126. The number of carbonyl (C=O) groups is 2. The molecule has 1 atom stereocenters. The highest BCUT2D eigenvalue weighted by molar-refractivity contribution is 5.85. The van der Waals surface area contributed by atoms with Crippen molar-refractivity contribution in [2.45, 2.75) is 45.2 Å². The smallest absolute Gasteiger partial charge is 0.239 e. The third-order valence-corrected chi connectivity index (χ3v) is 2.43. The molecule has 0 spiro atoms. The highest BCUT2D eigenvalue weighted by Gasteiger charge is 2.23. The molecule has 16 heavy (non-hydrogen) atoms. The van der Waals surface area contributed by atoms with Crippen LogP contribution in [0, 0.1) is 0 Å². The second-order valence-corrected chi connectivity index (χ2v) is 4.28. The van der Waals surface area contributed by atoms with E-state index in [9.17, 15) is 9.59 Å². The topological polar surface area (TPSA) is 70.2 Å². The number of nitrogens with one attached hydrogen (secondary N) is 3. The van der Waals surface area contributed by atoms with Gasteiger partial charge in [-0.1, -0.05) is 6.92 Å². The zero-order chi connectivity index (χ0) is 12.0. The summed E-state index contributed by atoms with van der Waals surface area (Å²) in [6.07, 6.45) is 2.54. The molecule has 1 fully saturated rings. The van der Waals surface area contributed by atoms with Gasteiger partial charge in [-0.2, -0.15) is 0 Å². The van der Waals surface area contributed by atoms with E-state index in [4.69, 9.17) is 0 Å². The largest absolute Gasteiger partial charge is 0.352 e. The summed E-state index contributed by atoms with van der Waals surface area (Å²) < 4.78 is 0. The Bertz CT molecular complexity index is 252. The van der Waals surface area contributed by atoms with Gasteiger partial charge in [0.25, 0.3) is 0 Å². The second kappa shape index (κ2) is 6.48. The van der Waals surface area contributed by atoms with Gasteiger partial charge in [-0.15, -0.1) is 0 Å². The molecule has 0 aromatic rings. The van der Waals surface area contributed by atoms with Crippen molar-refractivity contribution >= 4 is 11.8 Å². The molecular formula is C11H21N3O2. The Morgan fingerprint density at radius 1 is 1.31 bits per heavy atom. The van der Waals surface area contributed by atoms with Gasteiger partial charge in [-0.25, -0.2) is 0 Å². The van der Waals surface area contributed by atoms with Gasteiger partial charge in [0, 0.05) is 18.5 Å². The Kier molecular flexibility index (Phi) is 5.25. The number of hydrogen-bond donors (Lipinski definition) is 3. The highest BCUT2D eigenvalue weighted by atomic mass is 16.2. The van der Waals surface area contributed by atoms with E-state index in [1.165, 1.54) is 0 Å². The van der Waals surface area contributed by atoms with Gasteiger partial charge in [0.2, 0.25) is 11.8 Å². The average Bonchev–Trinajstić information content (AvgIpc) is 2.99. The van der Waals surface area contributed by atoms with E-state index in [1.807, 2.05) is 13.8 Å². The third kappa shape index (κ3) is 5.70. The van der Waals surface area contributed by atoms with Crippen LogP contribution in [0.3, 0.4) is 0 Å². The van der Waals surface area contributed by atoms with E-state index < -0.39 is 0 Å². The predicted molar refractivity (Wildman–Crippen MR) is 61.9 cm³/mol. The van der Waals surface area contributed by atoms with Crippen LogP contribution in [0.25, 0.3) is 0 Å². The summed E-state index contributed by atoms with van der Waals surface area (Å²) in [6.45, 7) is 4.88. The molecule has 0 bridgehead atoms. The summed E-state index contributed by atoms with van der Waals surface area (Å²) in [5.74, 6) is -0.175. The molecule has 3 N–H and O–H groups in total. The van der Waals surface area contributed by atoms with E-state index in [1.54, 1.807) is 0 Å². The van der Waals surface area contributed by atoms with Gasteiger partial charge in [0.1, 0.15) is 0 Å². The van der Waals surface area contributed by atoms with Crippen molar-refractivity contribution in [1.82, 2.24) is 16.0 Å². The summed E-state index contributed by atoms with van der Waals surface area (Å²) >= 11 is 0. The predicted octanol–water partition coefficient (Wildman–Crippen LogP) is -0.231. The SMILES string of the molecule is CCNC(C)CC(=O)NCC(=O)NC1CC1. The molecule has 5 nitrogen and oxygen atoms in total. The monoisotopic (exact) mass is 227 g/mol. The first-order chi connectivity index (χ1) is 7.61. The van der Waals surface area contributed by atoms with Crippen molar-refractivity contribution in [3.05, 3.63) is 0 Å². The first-order valence-electron chi connectivity index (χ1n) is 5.91. The molecule has 0 heterocycles. The number of rotatable bonds is 7. The zero-order valence-corrected chi connectivity index (χ0v) is 10.0. The molecule has 0 aromatic heterocycles. The van der Waals surface area contributed by atoms with Gasteiger partial charge in [-0.3, -0.25) is 9.59 Å². The molecule has 1 rings (SSSR count). The van der Waals surface area contributed by atoms with Crippen molar-refractivity contribution in [1.29, 1.82) is 0 Å². The lowest BCUT2D eigenvalue weighted by Crippen LogP contribution is -2.40.